The molecule has 1 fully saturated rings. The van der Waals surface area contributed by atoms with Crippen molar-refractivity contribution in [2.24, 2.45) is 5.84 Å². The van der Waals surface area contributed by atoms with Gasteiger partial charge < -0.3 is 5.32 Å². The second-order valence-corrected chi connectivity index (χ2v) is 4.73. The van der Waals surface area contributed by atoms with Gasteiger partial charge in [-0.3, -0.25) is 15.8 Å². The molecule has 98 valence electrons. The number of nitrogens with zero attached hydrogens (tertiary/aromatic N) is 3. The first-order valence-corrected chi connectivity index (χ1v) is 5.87. The predicted octanol–water partition coefficient (Wildman–Crippen LogP) is -0.0294. The lowest BCUT2D eigenvalue weighted by molar-refractivity contribution is 0.102. The summed E-state index contributed by atoms with van der Waals surface area (Å²) < 4.78 is 0. The van der Waals surface area contributed by atoms with Crippen molar-refractivity contribution in [1.29, 1.82) is 10.8 Å². The van der Waals surface area contributed by atoms with Gasteiger partial charge in [0.05, 0.1) is 13.1 Å². The lowest BCUT2D eigenvalue weighted by Crippen LogP contribution is -2.57. The number of hydrazine groups is 2. The number of rotatable bonds is 3. The lowest BCUT2D eigenvalue weighted by atomic mass is 10.3. The van der Waals surface area contributed by atoms with Gasteiger partial charge in [-0.05, 0) is 27.7 Å². The molecule has 17 heavy (non-hydrogen) atoms. The number of nitrogens with one attached hydrogen (secondary N) is 3. The fourth-order valence-corrected chi connectivity index (χ4v) is 1.77. The molecule has 7 heteroatoms. The molecule has 0 atom stereocenters. The maximum Gasteiger partial charge on any atom is 0.227 e. The first-order valence-electron chi connectivity index (χ1n) is 5.87. The smallest absolute Gasteiger partial charge is 0.227 e. The third kappa shape index (κ3) is 3.00. The number of hydrogen-bond acceptors (Lipinski definition) is 3. The van der Waals surface area contributed by atoms with Crippen LogP contribution in [0.1, 0.15) is 27.7 Å². The average Bonchev–Trinajstić information content (AvgIpc) is 2.48. The van der Waals surface area contributed by atoms with Crippen molar-refractivity contribution in [2.45, 2.75) is 39.8 Å². The molecule has 0 bridgehead atoms. The van der Waals surface area contributed by atoms with E-state index in [1.54, 1.807) is 10.0 Å². The minimum Gasteiger partial charge on any atom is -0.353 e. The molecule has 0 spiro atoms. The van der Waals surface area contributed by atoms with Crippen LogP contribution in [0.4, 0.5) is 0 Å². The topological polar surface area (TPSA) is 95.5 Å². The zero-order valence-corrected chi connectivity index (χ0v) is 11.0. The first-order chi connectivity index (χ1) is 7.84. The summed E-state index contributed by atoms with van der Waals surface area (Å²) >= 11 is 0. The summed E-state index contributed by atoms with van der Waals surface area (Å²) in [6, 6.07) is 0.287. The van der Waals surface area contributed by atoms with Crippen LogP contribution in [0.2, 0.25) is 0 Å². The van der Waals surface area contributed by atoms with Gasteiger partial charge in [-0.1, -0.05) is 0 Å². The quantitative estimate of drug-likeness (QED) is 0.316. The second kappa shape index (κ2) is 5.22. The minimum absolute atomic E-state index is 0.0978. The van der Waals surface area contributed by atoms with E-state index in [0.717, 1.165) is 0 Å². The second-order valence-electron chi connectivity index (χ2n) is 4.73. The molecule has 0 saturated carbocycles. The molecule has 1 rings (SSSR count). The SMILES string of the molecule is CC(C)NC(=N)N(C(C)C)N1CCN(N)C1=N. The maximum absolute atomic E-state index is 8.04. The van der Waals surface area contributed by atoms with Crippen LogP contribution in [0.3, 0.4) is 0 Å². The van der Waals surface area contributed by atoms with Gasteiger partial charge in [0.2, 0.25) is 11.9 Å². The van der Waals surface area contributed by atoms with Gasteiger partial charge >= 0.3 is 0 Å². The molecule has 7 nitrogen and oxygen atoms in total. The van der Waals surface area contributed by atoms with Crippen LogP contribution in [0.25, 0.3) is 0 Å². The number of nitrogens with two attached hydrogens (primary N) is 1. The van der Waals surface area contributed by atoms with E-state index in [1.807, 2.05) is 27.7 Å². The maximum atomic E-state index is 8.04. The Hall–Kier alpha value is -1.50. The summed E-state index contributed by atoms with van der Waals surface area (Å²) in [7, 11) is 0. The number of guanidine groups is 2. The third-order valence-corrected chi connectivity index (χ3v) is 2.47. The summed E-state index contributed by atoms with van der Waals surface area (Å²) in [5, 5.41) is 23.8. The highest BCUT2D eigenvalue weighted by Gasteiger charge is 2.31. The monoisotopic (exact) mass is 241 g/mol. The van der Waals surface area contributed by atoms with Crippen molar-refractivity contribution in [3.8, 4) is 0 Å². The van der Waals surface area contributed by atoms with Crippen LogP contribution < -0.4 is 11.2 Å². The Labute approximate surface area is 102 Å². The van der Waals surface area contributed by atoms with Gasteiger partial charge in [0, 0.05) is 12.1 Å². The van der Waals surface area contributed by atoms with E-state index < -0.39 is 0 Å². The Bertz CT molecular complexity index is 299. The van der Waals surface area contributed by atoms with Crippen LogP contribution in [-0.2, 0) is 0 Å². The zero-order chi connectivity index (χ0) is 13.2. The summed E-state index contributed by atoms with van der Waals surface area (Å²) in [5.74, 6) is 6.19. The molecule has 0 unspecified atom stereocenters. The van der Waals surface area contributed by atoms with Gasteiger partial charge in [0.15, 0.2) is 0 Å². The van der Waals surface area contributed by atoms with Gasteiger partial charge in [-0.2, -0.15) is 0 Å². The molecule has 0 radical (unpaired) electrons. The minimum atomic E-state index is 0.0978. The highest BCUT2D eigenvalue weighted by atomic mass is 15.8. The molecule has 0 aliphatic carbocycles. The van der Waals surface area contributed by atoms with Gasteiger partial charge in [-0.25, -0.2) is 15.9 Å². The highest BCUT2D eigenvalue weighted by molar-refractivity contribution is 5.84. The van der Waals surface area contributed by atoms with Crippen molar-refractivity contribution < 1.29 is 0 Å². The molecular weight excluding hydrogens is 218 g/mol. The average molecular weight is 241 g/mol. The molecule has 1 aliphatic rings. The van der Waals surface area contributed by atoms with Crippen molar-refractivity contribution >= 4 is 11.9 Å². The highest BCUT2D eigenvalue weighted by Crippen LogP contribution is 2.11. The molecule has 0 aromatic heterocycles. The summed E-state index contributed by atoms with van der Waals surface area (Å²) in [6.45, 7) is 9.19. The Morgan fingerprint density at radius 3 is 2.29 bits per heavy atom. The van der Waals surface area contributed by atoms with E-state index in [-0.39, 0.29) is 18.0 Å². The van der Waals surface area contributed by atoms with E-state index in [0.29, 0.717) is 19.0 Å². The van der Waals surface area contributed by atoms with Crippen LogP contribution in [0, 0.1) is 10.8 Å². The molecule has 1 heterocycles. The van der Waals surface area contributed by atoms with Crippen LogP contribution in [0.5, 0.6) is 0 Å². The fourth-order valence-electron chi connectivity index (χ4n) is 1.77. The van der Waals surface area contributed by atoms with Crippen molar-refractivity contribution in [1.82, 2.24) is 20.3 Å². The molecule has 1 saturated heterocycles. The first kappa shape index (κ1) is 13.6. The fraction of sp³-hybridized carbons (Fsp3) is 0.800. The van der Waals surface area contributed by atoms with E-state index in [4.69, 9.17) is 16.7 Å². The Kier molecular flexibility index (Phi) is 4.17. The van der Waals surface area contributed by atoms with Crippen molar-refractivity contribution in [2.75, 3.05) is 13.1 Å². The molecule has 0 aromatic carbocycles. The van der Waals surface area contributed by atoms with Crippen molar-refractivity contribution in [3.05, 3.63) is 0 Å². The normalized spacial score (nSPS) is 16.1. The van der Waals surface area contributed by atoms with E-state index in [2.05, 4.69) is 5.32 Å². The standard InChI is InChI=1S/C10H23N7/c1-7(2)14-9(11)17(8(3)4)16-6-5-15(13)10(16)12/h7-8,12H,5-6,13H2,1-4H3,(H2,11,14). The number of hydrogen-bond donors (Lipinski definition) is 4. The predicted molar refractivity (Wildman–Crippen MR) is 68.3 cm³/mol. The Morgan fingerprint density at radius 1 is 1.35 bits per heavy atom. The van der Waals surface area contributed by atoms with Gasteiger partial charge in [0.1, 0.15) is 0 Å². The zero-order valence-electron chi connectivity index (χ0n) is 11.0. The van der Waals surface area contributed by atoms with E-state index >= 15 is 0 Å². The molecule has 1 aliphatic heterocycles. The third-order valence-electron chi connectivity index (χ3n) is 2.47. The lowest BCUT2D eigenvalue weighted by Gasteiger charge is -2.38. The van der Waals surface area contributed by atoms with Crippen LogP contribution in [0.15, 0.2) is 0 Å². The molecular formula is C10H23N7. The summed E-state index contributed by atoms with van der Waals surface area (Å²) in [5.41, 5.74) is 0. The van der Waals surface area contributed by atoms with Gasteiger partial charge in [0.25, 0.3) is 0 Å². The van der Waals surface area contributed by atoms with E-state index in [1.165, 1.54) is 5.01 Å². The largest absolute Gasteiger partial charge is 0.353 e. The summed E-state index contributed by atoms with van der Waals surface area (Å²) in [6.07, 6.45) is 0. The van der Waals surface area contributed by atoms with Gasteiger partial charge in [-0.15, -0.1) is 0 Å². The molecule has 0 amide bonds. The Morgan fingerprint density at radius 2 is 1.94 bits per heavy atom. The molecule has 0 aromatic rings. The van der Waals surface area contributed by atoms with E-state index in [9.17, 15) is 0 Å². The Balaban J connectivity index is 2.79. The van der Waals surface area contributed by atoms with Crippen LogP contribution in [-0.4, -0.2) is 52.1 Å². The van der Waals surface area contributed by atoms with Crippen LogP contribution >= 0.6 is 0 Å². The van der Waals surface area contributed by atoms with Crippen molar-refractivity contribution in [3.63, 3.8) is 0 Å². The molecule has 5 N–H and O–H groups in total. The summed E-state index contributed by atoms with van der Waals surface area (Å²) in [4.78, 5) is 0.